The van der Waals surface area contributed by atoms with Gasteiger partial charge in [-0.2, -0.15) is 5.26 Å². The number of Topliss-reactive ketones (excluding diaryl/α,β-unsaturated/α-hetero) is 1. The minimum absolute atomic E-state index is 0.0686. The Morgan fingerprint density at radius 1 is 1.38 bits per heavy atom. The second kappa shape index (κ2) is 6.88. The summed E-state index contributed by atoms with van der Waals surface area (Å²) in [4.78, 5) is 15.9. The molecule has 0 aliphatic carbocycles. The van der Waals surface area contributed by atoms with E-state index in [-0.39, 0.29) is 5.78 Å². The highest BCUT2D eigenvalue weighted by Crippen LogP contribution is 2.26. The monoisotopic (exact) mass is 360 g/mol. The van der Waals surface area contributed by atoms with Gasteiger partial charge in [0, 0.05) is 21.5 Å². The van der Waals surface area contributed by atoms with E-state index in [1.807, 2.05) is 24.3 Å². The summed E-state index contributed by atoms with van der Waals surface area (Å²) in [6.45, 7) is 3.28. The molecule has 2 aromatic rings. The van der Waals surface area contributed by atoms with Crippen LogP contribution in [0.2, 0.25) is 0 Å². The molecule has 2 rings (SSSR count). The van der Waals surface area contributed by atoms with E-state index < -0.39 is 0 Å². The molecule has 0 amide bonds. The van der Waals surface area contributed by atoms with Crippen LogP contribution in [0, 0.1) is 18.3 Å². The van der Waals surface area contributed by atoms with E-state index in [2.05, 4.69) is 27.0 Å². The van der Waals surface area contributed by atoms with Gasteiger partial charge in [-0.05, 0) is 37.6 Å². The van der Waals surface area contributed by atoms with E-state index >= 15 is 0 Å². The van der Waals surface area contributed by atoms with Gasteiger partial charge in [0.2, 0.25) is 0 Å². The number of pyridine rings is 1. The van der Waals surface area contributed by atoms with Gasteiger partial charge in [-0.25, -0.2) is 4.98 Å². The zero-order valence-corrected chi connectivity index (χ0v) is 14.1. The largest absolute Gasteiger partial charge is 0.294 e. The third kappa shape index (κ3) is 3.93. The first-order chi connectivity index (χ1) is 10.0. The number of ketones is 1. The van der Waals surface area contributed by atoms with Crippen molar-refractivity contribution >= 4 is 33.5 Å². The Morgan fingerprint density at radius 2 is 2.05 bits per heavy atom. The number of nitriles is 1. The Labute approximate surface area is 136 Å². The molecule has 1 aromatic carbocycles. The van der Waals surface area contributed by atoms with E-state index in [0.29, 0.717) is 21.8 Å². The van der Waals surface area contributed by atoms with Crippen LogP contribution < -0.4 is 0 Å². The van der Waals surface area contributed by atoms with Gasteiger partial charge >= 0.3 is 0 Å². The summed E-state index contributed by atoms with van der Waals surface area (Å²) in [7, 11) is 0. The number of hydrogen-bond acceptors (Lipinski definition) is 4. The quantitative estimate of drug-likeness (QED) is 0.594. The summed E-state index contributed by atoms with van der Waals surface area (Å²) in [6, 6.07) is 11.8. The first-order valence-corrected chi connectivity index (χ1v) is 8.09. The van der Waals surface area contributed by atoms with Crippen molar-refractivity contribution in [1.29, 1.82) is 5.26 Å². The second-order valence-electron chi connectivity index (χ2n) is 4.56. The van der Waals surface area contributed by atoms with Crippen molar-refractivity contribution in [2.45, 2.75) is 24.6 Å². The molecule has 1 heterocycles. The molecule has 0 aliphatic rings. The van der Waals surface area contributed by atoms with Crippen LogP contribution in [0.4, 0.5) is 0 Å². The molecule has 0 N–H and O–H groups in total. The molecule has 0 spiro atoms. The molecule has 0 saturated heterocycles. The third-order valence-corrected chi connectivity index (χ3v) is 4.56. The maximum absolute atomic E-state index is 11.5. The van der Waals surface area contributed by atoms with Crippen molar-refractivity contribution in [2.24, 2.45) is 0 Å². The summed E-state index contributed by atoms with van der Waals surface area (Å²) in [6.07, 6.45) is 0. The summed E-state index contributed by atoms with van der Waals surface area (Å²) >= 11 is 4.91. The fourth-order valence-corrected chi connectivity index (χ4v) is 3.08. The molecule has 0 aliphatic heterocycles. The third-order valence-electron chi connectivity index (χ3n) is 2.97. The molecule has 0 radical (unpaired) electrons. The first-order valence-electron chi connectivity index (χ1n) is 6.31. The highest BCUT2D eigenvalue weighted by molar-refractivity contribution is 9.10. The lowest BCUT2D eigenvalue weighted by Gasteiger charge is -2.08. The van der Waals surface area contributed by atoms with Crippen LogP contribution in [0.25, 0.3) is 0 Å². The van der Waals surface area contributed by atoms with Gasteiger partial charge in [-0.1, -0.05) is 28.1 Å². The highest BCUT2D eigenvalue weighted by Gasteiger charge is 2.12. The lowest BCUT2D eigenvalue weighted by atomic mass is 10.1. The number of benzene rings is 1. The molecule has 0 atom stereocenters. The van der Waals surface area contributed by atoms with Crippen molar-refractivity contribution in [3.63, 3.8) is 0 Å². The number of nitrogens with zero attached hydrogens (tertiary/aromatic N) is 2. The van der Waals surface area contributed by atoms with Gasteiger partial charge in [-0.3, -0.25) is 4.79 Å². The number of carbonyl (C=O) groups excluding carboxylic acids is 1. The van der Waals surface area contributed by atoms with Gasteiger partial charge in [0.15, 0.2) is 5.78 Å². The molecule has 1 aromatic heterocycles. The first kappa shape index (κ1) is 15.7. The summed E-state index contributed by atoms with van der Waals surface area (Å²) in [5.41, 5.74) is 2.79. The molecule has 0 fully saturated rings. The number of halogens is 1. The number of aromatic nitrogens is 1. The van der Waals surface area contributed by atoms with Gasteiger partial charge in [-0.15, -0.1) is 11.8 Å². The van der Waals surface area contributed by atoms with Crippen LogP contribution >= 0.6 is 27.7 Å². The Morgan fingerprint density at radius 3 is 2.62 bits per heavy atom. The second-order valence-corrected chi connectivity index (χ2v) is 6.44. The van der Waals surface area contributed by atoms with Crippen LogP contribution in [-0.2, 0) is 5.75 Å². The van der Waals surface area contributed by atoms with E-state index in [1.54, 1.807) is 13.0 Å². The van der Waals surface area contributed by atoms with Gasteiger partial charge in [0.05, 0.1) is 5.56 Å². The van der Waals surface area contributed by atoms with Crippen molar-refractivity contribution < 1.29 is 4.79 Å². The van der Waals surface area contributed by atoms with Crippen molar-refractivity contribution in [1.82, 2.24) is 4.98 Å². The van der Waals surface area contributed by atoms with E-state index in [9.17, 15) is 10.1 Å². The molecule has 0 unspecified atom stereocenters. The number of thioether (sulfide) groups is 1. The minimum atomic E-state index is -0.0686. The Balaban J connectivity index is 2.24. The van der Waals surface area contributed by atoms with E-state index in [4.69, 9.17) is 0 Å². The maximum Gasteiger partial charge on any atom is 0.161 e. The summed E-state index contributed by atoms with van der Waals surface area (Å²) < 4.78 is 1.04. The highest BCUT2D eigenvalue weighted by atomic mass is 79.9. The van der Waals surface area contributed by atoms with Crippen molar-refractivity contribution in [2.75, 3.05) is 0 Å². The zero-order chi connectivity index (χ0) is 15.4. The Kier molecular flexibility index (Phi) is 5.16. The SMILES string of the molecule is CC(=O)c1cc(C#N)c(SCc2ccc(Br)cc2)nc1C. The molecular formula is C16H13BrN2OS. The average Bonchev–Trinajstić information content (AvgIpc) is 2.46. The molecule has 3 nitrogen and oxygen atoms in total. The fraction of sp³-hybridized carbons (Fsp3) is 0.188. The molecule has 106 valence electrons. The normalized spacial score (nSPS) is 10.2. The molecule has 0 saturated carbocycles. The number of carbonyl (C=O) groups is 1. The van der Waals surface area contributed by atoms with Gasteiger partial charge < -0.3 is 0 Å². The standard InChI is InChI=1S/C16H13BrN2OS/c1-10-15(11(2)20)7-13(8-18)16(19-10)21-9-12-3-5-14(17)6-4-12/h3-7H,9H2,1-2H3. The lowest BCUT2D eigenvalue weighted by molar-refractivity contribution is 0.101. The molecule has 0 bridgehead atoms. The topological polar surface area (TPSA) is 53.8 Å². The summed E-state index contributed by atoms with van der Waals surface area (Å²) in [5.74, 6) is 0.661. The van der Waals surface area contributed by atoms with Gasteiger partial charge in [0.1, 0.15) is 11.1 Å². The van der Waals surface area contributed by atoms with E-state index in [1.165, 1.54) is 18.7 Å². The predicted molar refractivity (Wildman–Crippen MR) is 87.4 cm³/mol. The lowest BCUT2D eigenvalue weighted by Crippen LogP contribution is -2.02. The number of rotatable bonds is 4. The molecule has 5 heteroatoms. The van der Waals surface area contributed by atoms with Crippen molar-refractivity contribution in [3.05, 3.63) is 57.2 Å². The minimum Gasteiger partial charge on any atom is -0.294 e. The van der Waals surface area contributed by atoms with Crippen LogP contribution in [0.3, 0.4) is 0 Å². The number of aryl methyl sites for hydroxylation is 1. The maximum atomic E-state index is 11.5. The Bertz CT molecular complexity index is 720. The molecule has 21 heavy (non-hydrogen) atoms. The fourth-order valence-electron chi connectivity index (χ4n) is 1.86. The van der Waals surface area contributed by atoms with Gasteiger partial charge in [0.25, 0.3) is 0 Å². The summed E-state index contributed by atoms with van der Waals surface area (Å²) in [5, 5.41) is 9.90. The predicted octanol–water partition coefficient (Wildman–Crippen LogP) is 4.52. The van der Waals surface area contributed by atoms with Crippen LogP contribution in [0.15, 0.2) is 39.8 Å². The number of hydrogen-bond donors (Lipinski definition) is 0. The Hall–Kier alpha value is -1.64. The van der Waals surface area contributed by atoms with Crippen LogP contribution in [0.1, 0.15) is 34.1 Å². The zero-order valence-electron chi connectivity index (χ0n) is 11.7. The van der Waals surface area contributed by atoms with Crippen molar-refractivity contribution in [3.8, 4) is 6.07 Å². The molecular weight excluding hydrogens is 348 g/mol. The van der Waals surface area contributed by atoms with Crippen LogP contribution in [-0.4, -0.2) is 10.8 Å². The average molecular weight is 361 g/mol. The van der Waals surface area contributed by atoms with E-state index in [0.717, 1.165) is 15.8 Å². The smallest absolute Gasteiger partial charge is 0.161 e. The van der Waals surface area contributed by atoms with Crippen LogP contribution in [0.5, 0.6) is 0 Å².